The molecule has 3 rings (SSSR count). The van der Waals surface area contributed by atoms with Gasteiger partial charge in [-0.15, -0.1) is 0 Å². The largest absolute Gasteiger partial charge is 0.416 e. The first-order chi connectivity index (χ1) is 14.4. The summed E-state index contributed by atoms with van der Waals surface area (Å²) in [7, 11) is 1.35. The number of alkyl halides is 6. The molecule has 1 atom stereocenters. The first-order valence-corrected chi connectivity index (χ1v) is 8.96. The average molecular weight is 441 g/mol. The second-order valence-corrected chi connectivity index (χ2v) is 6.85. The van der Waals surface area contributed by atoms with Crippen molar-refractivity contribution in [3.05, 3.63) is 77.4 Å². The number of aromatic nitrogens is 2. The third-order valence-corrected chi connectivity index (χ3v) is 4.75. The first-order valence-electron chi connectivity index (χ1n) is 8.96. The van der Waals surface area contributed by atoms with Gasteiger partial charge in [-0.2, -0.15) is 26.3 Å². The van der Waals surface area contributed by atoms with E-state index in [1.807, 2.05) is 0 Å². The predicted octanol–water partition coefficient (Wildman–Crippen LogP) is 5.62. The first kappa shape index (κ1) is 22.5. The van der Waals surface area contributed by atoms with Crippen LogP contribution in [0.1, 0.15) is 28.6 Å². The Hall–Kier alpha value is -3.14. The van der Waals surface area contributed by atoms with Crippen molar-refractivity contribution in [2.24, 2.45) is 0 Å². The molecule has 1 aromatic carbocycles. The Morgan fingerprint density at radius 3 is 2.06 bits per heavy atom. The maximum Gasteiger partial charge on any atom is 0.416 e. The molecule has 0 bridgehead atoms. The van der Waals surface area contributed by atoms with E-state index < -0.39 is 35.3 Å². The topological polar surface area (TPSA) is 49.2 Å². The van der Waals surface area contributed by atoms with E-state index in [2.05, 4.69) is 9.97 Å². The summed E-state index contributed by atoms with van der Waals surface area (Å²) in [6, 6.07) is 6.09. The van der Waals surface area contributed by atoms with Crippen molar-refractivity contribution in [1.82, 2.24) is 9.97 Å². The number of hydrogen-bond donors (Lipinski definition) is 1. The second kappa shape index (κ2) is 8.18. The highest BCUT2D eigenvalue weighted by Crippen LogP contribution is 2.39. The average Bonchev–Trinajstić information content (AvgIpc) is 2.71. The zero-order chi connectivity index (χ0) is 23.0. The van der Waals surface area contributed by atoms with E-state index in [1.54, 1.807) is 31.3 Å². The number of nitrogens with zero attached hydrogens (tertiary/aromatic N) is 3. The van der Waals surface area contributed by atoms with Crippen molar-refractivity contribution in [2.75, 3.05) is 11.9 Å². The maximum atomic E-state index is 13.2. The molecule has 1 N–H and O–H groups in total. The SMILES string of the molecule is Cc1ncccc1-c1ccncc1N(C)C(O)c1cc(C(F)(F)F)cc(C(F)(F)F)c1. The highest BCUT2D eigenvalue weighted by Gasteiger charge is 2.38. The van der Waals surface area contributed by atoms with Crippen molar-refractivity contribution >= 4 is 5.69 Å². The normalized spacial score (nSPS) is 13.2. The predicted molar refractivity (Wildman–Crippen MR) is 102 cm³/mol. The van der Waals surface area contributed by atoms with E-state index in [9.17, 15) is 31.4 Å². The lowest BCUT2D eigenvalue weighted by Gasteiger charge is -2.29. The Balaban J connectivity index is 2.09. The molecule has 2 aromatic heterocycles. The van der Waals surface area contributed by atoms with E-state index in [1.165, 1.54) is 19.4 Å². The van der Waals surface area contributed by atoms with Crippen LogP contribution >= 0.6 is 0 Å². The van der Waals surface area contributed by atoms with Gasteiger partial charge in [-0.05, 0) is 37.3 Å². The van der Waals surface area contributed by atoms with Gasteiger partial charge in [0.1, 0.15) is 0 Å². The molecule has 1 unspecified atom stereocenters. The van der Waals surface area contributed by atoms with Gasteiger partial charge in [-0.3, -0.25) is 9.97 Å². The summed E-state index contributed by atoms with van der Waals surface area (Å²) in [6.07, 6.45) is -7.40. The molecule has 0 aliphatic heterocycles. The molecule has 0 spiro atoms. The summed E-state index contributed by atoms with van der Waals surface area (Å²) < 4.78 is 79.0. The van der Waals surface area contributed by atoms with Gasteiger partial charge in [0, 0.05) is 41.8 Å². The van der Waals surface area contributed by atoms with Gasteiger partial charge in [0.05, 0.1) is 23.0 Å². The summed E-state index contributed by atoms with van der Waals surface area (Å²) >= 11 is 0. The van der Waals surface area contributed by atoms with Gasteiger partial charge < -0.3 is 10.0 Å². The Kier molecular flexibility index (Phi) is 5.95. The van der Waals surface area contributed by atoms with E-state index in [0.29, 0.717) is 34.6 Å². The van der Waals surface area contributed by atoms with Crippen LogP contribution in [0.25, 0.3) is 11.1 Å². The minimum atomic E-state index is -5.01. The summed E-state index contributed by atoms with van der Waals surface area (Å²) in [5.41, 5.74) is -1.36. The molecule has 0 amide bonds. The summed E-state index contributed by atoms with van der Waals surface area (Å²) in [5, 5.41) is 10.7. The van der Waals surface area contributed by atoms with Crippen LogP contribution in [0, 0.1) is 6.92 Å². The van der Waals surface area contributed by atoms with E-state index in [0.717, 1.165) is 4.90 Å². The molecule has 0 aliphatic rings. The Labute approximate surface area is 173 Å². The lowest BCUT2D eigenvalue weighted by Crippen LogP contribution is -2.25. The molecule has 0 aliphatic carbocycles. The fourth-order valence-electron chi connectivity index (χ4n) is 3.15. The van der Waals surface area contributed by atoms with Crippen molar-refractivity contribution in [1.29, 1.82) is 0 Å². The quantitative estimate of drug-likeness (QED) is 0.422. The number of halogens is 6. The van der Waals surface area contributed by atoms with Crippen molar-refractivity contribution in [3.8, 4) is 11.1 Å². The van der Waals surface area contributed by atoms with Gasteiger partial charge >= 0.3 is 12.4 Å². The summed E-state index contributed by atoms with van der Waals surface area (Å²) in [5.74, 6) is 0. The third-order valence-electron chi connectivity index (χ3n) is 4.75. The van der Waals surface area contributed by atoms with Gasteiger partial charge in [-0.25, -0.2) is 0 Å². The molecule has 0 saturated carbocycles. The highest BCUT2D eigenvalue weighted by molar-refractivity contribution is 5.79. The Bertz CT molecular complexity index is 1050. The molecule has 0 saturated heterocycles. The number of pyridine rings is 2. The molecule has 4 nitrogen and oxygen atoms in total. The van der Waals surface area contributed by atoms with Crippen molar-refractivity contribution in [2.45, 2.75) is 25.5 Å². The van der Waals surface area contributed by atoms with Crippen LogP contribution < -0.4 is 4.90 Å². The smallest absolute Gasteiger partial charge is 0.369 e. The molecule has 0 fully saturated rings. The lowest BCUT2D eigenvalue weighted by molar-refractivity contribution is -0.143. The minimum Gasteiger partial charge on any atom is -0.369 e. The van der Waals surface area contributed by atoms with E-state index in [-0.39, 0.29) is 6.07 Å². The van der Waals surface area contributed by atoms with Crippen LogP contribution in [0.3, 0.4) is 0 Å². The molecule has 164 valence electrons. The van der Waals surface area contributed by atoms with Crippen LogP contribution in [-0.2, 0) is 12.4 Å². The van der Waals surface area contributed by atoms with Crippen LogP contribution in [-0.4, -0.2) is 22.1 Å². The number of hydrogen-bond acceptors (Lipinski definition) is 4. The molecule has 10 heteroatoms. The monoisotopic (exact) mass is 441 g/mol. The van der Waals surface area contributed by atoms with Gasteiger partial charge in [0.2, 0.25) is 0 Å². The fraction of sp³-hybridized carbons (Fsp3) is 0.238. The zero-order valence-corrected chi connectivity index (χ0v) is 16.3. The van der Waals surface area contributed by atoms with Crippen LogP contribution in [0.2, 0.25) is 0 Å². The zero-order valence-electron chi connectivity index (χ0n) is 16.3. The molecule has 0 radical (unpaired) electrons. The summed E-state index contributed by atoms with van der Waals surface area (Å²) in [6.45, 7) is 1.75. The molecule has 2 heterocycles. The molecular formula is C21H17F6N3O. The minimum absolute atomic E-state index is 0.0186. The van der Waals surface area contributed by atoms with Crippen LogP contribution in [0.4, 0.5) is 32.0 Å². The standard InChI is InChI=1S/C21H17F6N3O/c1-12-16(4-3-6-29-12)17-5-7-28-11-18(17)30(2)19(31)13-8-14(20(22,23)24)10-15(9-13)21(25,26)27/h3-11,19,31H,1-2H3. The maximum absolute atomic E-state index is 13.2. The molecule has 3 aromatic rings. The van der Waals surface area contributed by atoms with Crippen molar-refractivity contribution in [3.63, 3.8) is 0 Å². The van der Waals surface area contributed by atoms with Gasteiger partial charge in [0.15, 0.2) is 6.23 Å². The number of aliphatic hydroxyl groups is 1. The number of aliphatic hydroxyl groups excluding tert-OH is 1. The van der Waals surface area contributed by atoms with Gasteiger partial charge in [-0.1, -0.05) is 6.07 Å². The van der Waals surface area contributed by atoms with Gasteiger partial charge in [0.25, 0.3) is 0 Å². The third kappa shape index (κ3) is 4.79. The Morgan fingerprint density at radius 2 is 1.52 bits per heavy atom. The second-order valence-electron chi connectivity index (χ2n) is 6.85. The fourth-order valence-corrected chi connectivity index (χ4v) is 3.15. The van der Waals surface area contributed by atoms with E-state index in [4.69, 9.17) is 0 Å². The molecular weight excluding hydrogens is 424 g/mol. The molecule has 31 heavy (non-hydrogen) atoms. The number of rotatable bonds is 4. The van der Waals surface area contributed by atoms with Crippen molar-refractivity contribution < 1.29 is 31.4 Å². The number of aryl methyl sites for hydroxylation is 1. The van der Waals surface area contributed by atoms with E-state index >= 15 is 0 Å². The summed E-state index contributed by atoms with van der Waals surface area (Å²) in [4.78, 5) is 9.32. The highest BCUT2D eigenvalue weighted by atomic mass is 19.4. The van der Waals surface area contributed by atoms with Crippen LogP contribution in [0.15, 0.2) is 55.0 Å². The Morgan fingerprint density at radius 1 is 0.903 bits per heavy atom. The lowest BCUT2D eigenvalue weighted by atomic mass is 10.0. The number of anilines is 1. The number of benzene rings is 1. The van der Waals surface area contributed by atoms with Crippen LogP contribution in [0.5, 0.6) is 0 Å².